The van der Waals surface area contributed by atoms with Gasteiger partial charge >= 0.3 is 0 Å². The van der Waals surface area contributed by atoms with E-state index < -0.39 is 0 Å². The summed E-state index contributed by atoms with van der Waals surface area (Å²) in [4.78, 5) is 15.4. The van der Waals surface area contributed by atoms with Crippen molar-refractivity contribution in [3.05, 3.63) is 140 Å². The summed E-state index contributed by atoms with van der Waals surface area (Å²) in [5.74, 6) is 1.83. The van der Waals surface area contributed by atoms with Crippen molar-refractivity contribution in [2.45, 2.75) is 0 Å². The number of para-hydroxylation sites is 2. The summed E-state index contributed by atoms with van der Waals surface area (Å²) in [5, 5.41) is 9.12. The van der Waals surface area contributed by atoms with Crippen LogP contribution in [0.1, 0.15) is 0 Å². The summed E-state index contributed by atoms with van der Waals surface area (Å²) in [6.07, 6.45) is 0. The van der Waals surface area contributed by atoms with Crippen LogP contribution in [0.15, 0.2) is 144 Å². The highest BCUT2D eigenvalue weighted by Gasteiger charge is 2.20. The number of benzene rings is 7. The molecule has 9 aromatic rings. The maximum Gasteiger partial charge on any atom is 0.167 e. The second kappa shape index (κ2) is 9.33. The van der Waals surface area contributed by atoms with E-state index in [1.54, 1.807) is 0 Å². The minimum atomic E-state index is 0.579. The Balaban J connectivity index is 1.40. The Kier molecular flexibility index (Phi) is 5.16. The summed E-state index contributed by atoms with van der Waals surface area (Å²) < 4.78 is 6.41. The minimum Gasteiger partial charge on any atom is -0.455 e. The molecule has 0 unspecified atom stereocenters. The van der Waals surface area contributed by atoms with Gasteiger partial charge in [0.05, 0.1) is 5.56 Å². The van der Waals surface area contributed by atoms with Gasteiger partial charge in [-0.15, -0.1) is 0 Å². The normalized spacial score (nSPS) is 11.7. The fourth-order valence-corrected chi connectivity index (χ4v) is 6.31. The molecule has 0 N–H and O–H groups in total. The Hall–Kier alpha value is -5.87. The van der Waals surface area contributed by atoms with Gasteiger partial charge in [0.1, 0.15) is 11.2 Å². The first-order chi connectivity index (χ1) is 21.3. The van der Waals surface area contributed by atoms with Gasteiger partial charge in [-0.3, -0.25) is 0 Å². The first kappa shape index (κ1) is 23.8. The highest BCUT2D eigenvalue weighted by Crippen LogP contribution is 2.40. The molecule has 7 aromatic carbocycles. The molecular weight excluding hydrogens is 526 g/mol. The van der Waals surface area contributed by atoms with Crippen molar-refractivity contribution in [1.29, 1.82) is 0 Å². The molecule has 2 aromatic heterocycles. The number of aromatic nitrogens is 3. The second-order valence-electron chi connectivity index (χ2n) is 10.8. The third-order valence-corrected chi connectivity index (χ3v) is 8.30. The van der Waals surface area contributed by atoms with Crippen LogP contribution in [0.4, 0.5) is 0 Å². The smallest absolute Gasteiger partial charge is 0.167 e. The Labute approximate surface area is 246 Å². The lowest BCUT2D eigenvalue weighted by Gasteiger charge is -2.14. The van der Waals surface area contributed by atoms with Crippen LogP contribution in [0.25, 0.3) is 88.4 Å². The van der Waals surface area contributed by atoms with Crippen LogP contribution in [0, 0.1) is 0 Å². The van der Waals surface area contributed by atoms with Crippen molar-refractivity contribution in [3.8, 4) is 34.2 Å². The van der Waals surface area contributed by atoms with Crippen LogP contribution < -0.4 is 0 Å². The molecule has 0 amide bonds. The van der Waals surface area contributed by atoms with E-state index in [0.717, 1.165) is 49.4 Å². The van der Waals surface area contributed by atoms with Crippen molar-refractivity contribution in [2.75, 3.05) is 0 Å². The van der Waals surface area contributed by atoms with Crippen LogP contribution in [0.2, 0.25) is 0 Å². The molecule has 0 aliphatic rings. The molecule has 0 aliphatic carbocycles. The van der Waals surface area contributed by atoms with Crippen LogP contribution in [0.5, 0.6) is 0 Å². The summed E-state index contributed by atoms with van der Waals surface area (Å²) in [6.45, 7) is 0. The monoisotopic (exact) mass is 549 g/mol. The lowest BCUT2D eigenvalue weighted by atomic mass is 9.92. The lowest BCUT2D eigenvalue weighted by molar-refractivity contribution is 0.669. The fraction of sp³-hybridized carbons (Fsp3) is 0. The molecule has 0 aliphatic heterocycles. The summed E-state index contributed by atoms with van der Waals surface area (Å²) >= 11 is 0. The standard InChI is InChI=1S/C39H23N3O/c1-2-12-25(13-3-1)37-40-38(32-19-10-18-31-29-17-8-9-20-34(29)43-36(31)32)42-39(41-37)33-23-26-14-5-6-15-27(26)30-22-21-24-11-4-7-16-28(24)35(30)33/h1-23H. The molecule has 0 saturated heterocycles. The zero-order valence-corrected chi connectivity index (χ0v) is 23.0. The molecule has 0 atom stereocenters. The third-order valence-electron chi connectivity index (χ3n) is 8.30. The second-order valence-corrected chi connectivity index (χ2v) is 10.8. The van der Waals surface area contributed by atoms with Crippen molar-refractivity contribution in [2.24, 2.45) is 0 Å². The molecule has 43 heavy (non-hydrogen) atoms. The van der Waals surface area contributed by atoms with Gasteiger partial charge in [0, 0.05) is 27.3 Å². The van der Waals surface area contributed by atoms with Crippen molar-refractivity contribution in [1.82, 2.24) is 15.0 Å². The Morgan fingerprint density at radius 2 is 1.05 bits per heavy atom. The minimum absolute atomic E-state index is 0.579. The van der Waals surface area contributed by atoms with E-state index in [-0.39, 0.29) is 0 Å². The van der Waals surface area contributed by atoms with E-state index in [1.165, 1.54) is 21.5 Å². The number of fused-ring (bicyclic) bond motifs is 8. The summed E-state index contributed by atoms with van der Waals surface area (Å²) in [6, 6.07) is 48.1. The average Bonchev–Trinajstić information content (AvgIpc) is 3.47. The molecule has 0 radical (unpaired) electrons. The predicted octanol–water partition coefficient (Wildman–Crippen LogP) is 10.2. The van der Waals surface area contributed by atoms with Gasteiger partial charge < -0.3 is 4.42 Å². The number of hydrogen-bond acceptors (Lipinski definition) is 4. The molecule has 0 fully saturated rings. The molecule has 9 rings (SSSR count). The average molecular weight is 550 g/mol. The fourth-order valence-electron chi connectivity index (χ4n) is 6.31. The van der Waals surface area contributed by atoms with Gasteiger partial charge in [-0.2, -0.15) is 0 Å². The highest BCUT2D eigenvalue weighted by molar-refractivity contribution is 6.22. The first-order valence-corrected chi connectivity index (χ1v) is 14.4. The van der Waals surface area contributed by atoms with E-state index in [9.17, 15) is 0 Å². The number of rotatable bonds is 3. The summed E-state index contributed by atoms with van der Waals surface area (Å²) in [7, 11) is 0. The SMILES string of the molecule is c1ccc(-c2nc(-c3cccc4c3oc3ccccc34)nc(-c3cc4ccccc4c4ccc5ccccc5c34)n2)cc1. The molecule has 0 bridgehead atoms. The van der Waals surface area contributed by atoms with Gasteiger partial charge in [0.2, 0.25) is 0 Å². The van der Waals surface area contributed by atoms with E-state index in [0.29, 0.717) is 17.5 Å². The maximum atomic E-state index is 6.41. The van der Waals surface area contributed by atoms with Crippen molar-refractivity contribution in [3.63, 3.8) is 0 Å². The summed E-state index contributed by atoms with van der Waals surface area (Å²) in [5.41, 5.74) is 4.36. The molecule has 200 valence electrons. The Morgan fingerprint density at radius 1 is 0.395 bits per heavy atom. The van der Waals surface area contributed by atoms with Gasteiger partial charge in [0.25, 0.3) is 0 Å². The van der Waals surface area contributed by atoms with Crippen LogP contribution in [0.3, 0.4) is 0 Å². The number of furan rings is 1. The topological polar surface area (TPSA) is 51.8 Å². The third kappa shape index (κ3) is 3.74. The van der Waals surface area contributed by atoms with Gasteiger partial charge in [-0.1, -0.05) is 121 Å². The van der Waals surface area contributed by atoms with E-state index in [4.69, 9.17) is 19.4 Å². The van der Waals surface area contributed by atoms with Gasteiger partial charge in [-0.05, 0) is 45.1 Å². The molecule has 4 nitrogen and oxygen atoms in total. The van der Waals surface area contributed by atoms with Gasteiger partial charge in [-0.25, -0.2) is 15.0 Å². The molecular formula is C39H23N3O. The van der Waals surface area contributed by atoms with Gasteiger partial charge in [0.15, 0.2) is 17.5 Å². The zero-order valence-electron chi connectivity index (χ0n) is 23.0. The molecule has 4 heteroatoms. The quantitative estimate of drug-likeness (QED) is 0.206. The number of nitrogens with zero attached hydrogens (tertiary/aromatic N) is 3. The Morgan fingerprint density at radius 3 is 1.91 bits per heavy atom. The number of hydrogen-bond donors (Lipinski definition) is 0. The van der Waals surface area contributed by atoms with E-state index in [2.05, 4.69) is 78.9 Å². The van der Waals surface area contributed by atoms with Crippen LogP contribution in [-0.2, 0) is 0 Å². The largest absolute Gasteiger partial charge is 0.455 e. The van der Waals surface area contributed by atoms with E-state index in [1.807, 2.05) is 60.7 Å². The van der Waals surface area contributed by atoms with Crippen molar-refractivity contribution < 1.29 is 4.42 Å². The first-order valence-electron chi connectivity index (χ1n) is 14.4. The van der Waals surface area contributed by atoms with Crippen LogP contribution in [-0.4, -0.2) is 15.0 Å². The Bertz CT molecular complexity index is 2510. The molecule has 0 saturated carbocycles. The molecule has 2 heterocycles. The molecule has 0 spiro atoms. The zero-order chi connectivity index (χ0) is 28.3. The van der Waals surface area contributed by atoms with Crippen LogP contribution >= 0.6 is 0 Å². The van der Waals surface area contributed by atoms with Crippen molar-refractivity contribution >= 4 is 54.3 Å². The van der Waals surface area contributed by atoms with E-state index >= 15 is 0 Å². The lowest BCUT2D eigenvalue weighted by Crippen LogP contribution is -2.01. The predicted molar refractivity (Wildman–Crippen MR) is 176 cm³/mol. The highest BCUT2D eigenvalue weighted by atomic mass is 16.3. The maximum absolute atomic E-state index is 6.41.